The largest absolute Gasteiger partial charge is 0.397 e. The lowest BCUT2D eigenvalue weighted by Crippen LogP contribution is -2.42. The number of hydrogen-bond donors (Lipinski definition) is 1. The number of anilines is 1. The van der Waals surface area contributed by atoms with Crippen molar-refractivity contribution in [2.45, 2.75) is 26.8 Å². The van der Waals surface area contributed by atoms with Gasteiger partial charge >= 0.3 is 0 Å². The summed E-state index contributed by atoms with van der Waals surface area (Å²) in [5, 5.41) is 9.24. The lowest BCUT2D eigenvalue weighted by Gasteiger charge is -2.27. The third-order valence-electron chi connectivity index (χ3n) is 3.62. The van der Waals surface area contributed by atoms with E-state index >= 15 is 0 Å². The first-order valence-electron chi connectivity index (χ1n) is 7.26. The second-order valence-corrected chi connectivity index (χ2v) is 5.72. The van der Waals surface area contributed by atoms with Crippen molar-refractivity contribution >= 4 is 11.6 Å². The maximum absolute atomic E-state index is 12.4. The normalized spacial score (nSPS) is 15.2. The van der Waals surface area contributed by atoms with Crippen LogP contribution in [-0.2, 0) is 22.5 Å². The molecule has 114 valence electrons. The molecule has 0 saturated carbocycles. The van der Waals surface area contributed by atoms with Crippen LogP contribution in [0.2, 0.25) is 0 Å². The Bertz CT molecular complexity index is 551. The fourth-order valence-electron chi connectivity index (χ4n) is 2.55. The van der Waals surface area contributed by atoms with E-state index in [9.17, 15) is 10.1 Å². The molecule has 1 aliphatic rings. The van der Waals surface area contributed by atoms with E-state index in [0.717, 1.165) is 12.1 Å². The number of morpholine rings is 1. The number of nitrogen functional groups attached to an aromatic ring is 1. The van der Waals surface area contributed by atoms with Gasteiger partial charge in [0.25, 0.3) is 0 Å². The predicted molar refractivity (Wildman–Crippen MR) is 79.5 cm³/mol. The van der Waals surface area contributed by atoms with Crippen LogP contribution < -0.4 is 5.73 Å². The number of aromatic nitrogens is 1. The maximum Gasteiger partial charge on any atom is 0.242 e. The summed E-state index contributed by atoms with van der Waals surface area (Å²) < 4.78 is 7.01. The van der Waals surface area contributed by atoms with Gasteiger partial charge in [0.15, 0.2) is 0 Å². The predicted octanol–water partition coefficient (Wildman–Crippen LogP) is 0.999. The standard InChI is InChI=1S/C15H22N4O2/c1-11(2)7-14-13(17)8-12(9-16)19(14)10-15(20)18-3-5-21-6-4-18/h8,11H,3-7,10,17H2,1-2H3. The fraction of sp³-hybridized carbons (Fsp3) is 0.600. The number of nitrogens with two attached hydrogens (primary N) is 1. The molecule has 2 heterocycles. The zero-order chi connectivity index (χ0) is 15.4. The number of nitriles is 1. The molecule has 0 atom stereocenters. The minimum absolute atomic E-state index is 0.00964. The molecular weight excluding hydrogens is 268 g/mol. The van der Waals surface area contributed by atoms with Crippen LogP contribution in [0.25, 0.3) is 0 Å². The van der Waals surface area contributed by atoms with Crippen LogP contribution in [0.15, 0.2) is 6.07 Å². The first kappa shape index (κ1) is 15.4. The molecule has 0 bridgehead atoms. The number of nitrogens with zero attached hydrogens (tertiary/aromatic N) is 3. The summed E-state index contributed by atoms with van der Waals surface area (Å²) in [6.45, 7) is 6.71. The van der Waals surface area contributed by atoms with E-state index < -0.39 is 0 Å². The highest BCUT2D eigenvalue weighted by molar-refractivity contribution is 5.77. The molecule has 21 heavy (non-hydrogen) atoms. The number of hydrogen-bond acceptors (Lipinski definition) is 4. The average Bonchev–Trinajstić information content (AvgIpc) is 2.76. The van der Waals surface area contributed by atoms with Crippen LogP contribution in [0.1, 0.15) is 25.2 Å². The molecule has 1 aromatic heterocycles. The summed E-state index contributed by atoms with van der Waals surface area (Å²) in [6.07, 6.45) is 0.754. The number of amides is 1. The summed E-state index contributed by atoms with van der Waals surface area (Å²) in [5.74, 6) is 0.418. The van der Waals surface area contributed by atoms with E-state index in [4.69, 9.17) is 10.5 Å². The van der Waals surface area contributed by atoms with E-state index in [1.165, 1.54) is 0 Å². The van der Waals surface area contributed by atoms with Crippen molar-refractivity contribution in [1.82, 2.24) is 9.47 Å². The van der Waals surface area contributed by atoms with Crippen LogP contribution in [0.3, 0.4) is 0 Å². The molecule has 0 aromatic carbocycles. The maximum atomic E-state index is 12.4. The molecular formula is C15H22N4O2. The molecule has 6 heteroatoms. The van der Waals surface area contributed by atoms with E-state index in [-0.39, 0.29) is 12.5 Å². The smallest absolute Gasteiger partial charge is 0.242 e. The molecule has 1 fully saturated rings. The summed E-state index contributed by atoms with van der Waals surface area (Å²) >= 11 is 0. The van der Waals surface area contributed by atoms with E-state index in [0.29, 0.717) is 43.6 Å². The summed E-state index contributed by atoms with van der Waals surface area (Å²) in [7, 11) is 0. The van der Waals surface area contributed by atoms with Gasteiger partial charge in [0, 0.05) is 18.8 Å². The van der Waals surface area contributed by atoms with Crippen molar-refractivity contribution in [3.05, 3.63) is 17.5 Å². The van der Waals surface area contributed by atoms with Gasteiger partial charge in [-0.25, -0.2) is 0 Å². The first-order valence-corrected chi connectivity index (χ1v) is 7.26. The third kappa shape index (κ3) is 3.56. The van der Waals surface area contributed by atoms with Crippen LogP contribution in [0.4, 0.5) is 5.69 Å². The Balaban J connectivity index is 2.21. The number of carbonyl (C=O) groups excluding carboxylic acids is 1. The molecule has 1 amide bonds. The van der Waals surface area contributed by atoms with Gasteiger partial charge < -0.3 is 19.9 Å². The van der Waals surface area contributed by atoms with Gasteiger partial charge in [-0.15, -0.1) is 0 Å². The fourth-order valence-corrected chi connectivity index (χ4v) is 2.55. The first-order chi connectivity index (χ1) is 10.0. The lowest BCUT2D eigenvalue weighted by molar-refractivity contribution is -0.135. The zero-order valence-electron chi connectivity index (χ0n) is 12.6. The minimum Gasteiger partial charge on any atom is -0.397 e. The topological polar surface area (TPSA) is 84.3 Å². The Morgan fingerprint density at radius 2 is 2.14 bits per heavy atom. The Labute approximate surface area is 125 Å². The van der Waals surface area contributed by atoms with Crippen LogP contribution in [0, 0.1) is 17.2 Å². The van der Waals surface area contributed by atoms with Crippen LogP contribution in [0.5, 0.6) is 0 Å². The number of carbonyl (C=O) groups is 1. The van der Waals surface area contributed by atoms with Crippen LogP contribution in [-0.4, -0.2) is 41.7 Å². The highest BCUT2D eigenvalue weighted by Crippen LogP contribution is 2.22. The van der Waals surface area contributed by atoms with E-state index in [1.54, 1.807) is 15.5 Å². The Morgan fingerprint density at radius 1 is 1.48 bits per heavy atom. The van der Waals surface area contributed by atoms with Gasteiger partial charge in [0.05, 0.1) is 18.9 Å². The van der Waals surface area contributed by atoms with Gasteiger partial charge in [-0.05, 0) is 18.4 Å². The molecule has 1 saturated heterocycles. The molecule has 2 rings (SSSR count). The van der Waals surface area contributed by atoms with Gasteiger partial charge in [-0.3, -0.25) is 4.79 Å². The highest BCUT2D eigenvalue weighted by atomic mass is 16.5. The van der Waals surface area contributed by atoms with Gasteiger partial charge in [-0.1, -0.05) is 13.8 Å². The van der Waals surface area contributed by atoms with Crippen molar-refractivity contribution in [3.8, 4) is 6.07 Å². The molecule has 6 nitrogen and oxygen atoms in total. The zero-order valence-corrected chi connectivity index (χ0v) is 12.6. The second-order valence-electron chi connectivity index (χ2n) is 5.72. The van der Waals surface area contributed by atoms with Crippen LogP contribution >= 0.6 is 0 Å². The Hall–Kier alpha value is -2.00. The number of ether oxygens (including phenoxy) is 1. The molecule has 2 N–H and O–H groups in total. The molecule has 0 spiro atoms. The lowest BCUT2D eigenvalue weighted by atomic mass is 10.1. The molecule has 0 aliphatic carbocycles. The third-order valence-corrected chi connectivity index (χ3v) is 3.62. The summed E-state index contributed by atoms with van der Waals surface area (Å²) in [5.41, 5.74) is 7.92. The van der Waals surface area contributed by atoms with E-state index in [2.05, 4.69) is 19.9 Å². The SMILES string of the molecule is CC(C)Cc1c(N)cc(C#N)n1CC(=O)N1CCOCC1. The van der Waals surface area contributed by atoms with Gasteiger partial charge in [-0.2, -0.15) is 5.26 Å². The van der Waals surface area contributed by atoms with Crippen molar-refractivity contribution in [2.24, 2.45) is 5.92 Å². The number of rotatable bonds is 4. The van der Waals surface area contributed by atoms with Crippen molar-refractivity contribution in [2.75, 3.05) is 32.0 Å². The Kier molecular flexibility index (Phi) is 4.86. The summed E-state index contributed by atoms with van der Waals surface area (Å²) in [6, 6.07) is 3.78. The molecule has 0 unspecified atom stereocenters. The van der Waals surface area contributed by atoms with Crippen molar-refractivity contribution in [1.29, 1.82) is 5.26 Å². The average molecular weight is 290 g/mol. The second kappa shape index (κ2) is 6.64. The van der Waals surface area contributed by atoms with Crippen molar-refractivity contribution < 1.29 is 9.53 Å². The quantitative estimate of drug-likeness (QED) is 0.896. The Morgan fingerprint density at radius 3 is 2.71 bits per heavy atom. The highest BCUT2D eigenvalue weighted by Gasteiger charge is 2.21. The van der Waals surface area contributed by atoms with E-state index in [1.807, 2.05) is 0 Å². The summed E-state index contributed by atoms with van der Waals surface area (Å²) in [4.78, 5) is 14.2. The van der Waals surface area contributed by atoms with Crippen molar-refractivity contribution in [3.63, 3.8) is 0 Å². The molecule has 1 aromatic rings. The van der Waals surface area contributed by atoms with Gasteiger partial charge in [0.1, 0.15) is 18.3 Å². The monoisotopic (exact) mass is 290 g/mol. The minimum atomic E-state index is 0.00964. The van der Waals surface area contributed by atoms with Gasteiger partial charge in [0.2, 0.25) is 5.91 Å². The molecule has 0 radical (unpaired) electrons. The molecule has 1 aliphatic heterocycles.